The summed E-state index contributed by atoms with van der Waals surface area (Å²) >= 11 is 0. The fourth-order valence-electron chi connectivity index (χ4n) is 6.40. The molecule has 3 aliphatic rings. The molecule has 0 aliphatic carbocycles. The van der Waals surface area contributed by atoms with Gasteiger partial charge in [0.25, 0.3) is 0 Å². The SMILES string of the molecule is CCCCN(C(=O)CN1C[C@H](c2ccc3c(c2)CCO3)[C@@H](C(=O)O)[C@@H]1CCN1C(=O)CCN(C)C1=O)c1cccnc1. The lowest BCUT2D eigenvalue weighted by atomic mass is 9.83. The van der Waals surface area contributed by atoms with Crippen molar-refractivity contribution in [1.29, 1.82) is 0 Å². The molecule has 0 radical (unpaired) electrons. The molecule has 0 spiro atoms. The zero-order valence-electron chi connectivity index (χ0n) is 24.3. The zero-order valence-corrected chi connectivity index (χ0v) is 24.3. The lowest BCUT2D eigenvalue weighted by Crippen LogP contribution is -2.52. The molecule has 1 aromatic heterocycles. The maximum Gasteiger partial charge on any atom is 0.326 e. The minimum atomic E-state index is -0.958. The number of aromatic nitrogens is 1. The number of ether oxygens (including phenoxy) is 1. The predicted molar refractivity (Wildman–Crippen MR) is 155 cm³/mol. The monoisotopic (exact) mass is 577 g/mol. The molecule has 0 unspecified atom stereocenters. The smallest absolute Gasteiger partial charge is 0.326 e. The number of rotatable bonds is 11. The van der Waals surface area contributed by atoms with Gasteiger partial charge in [-0.2, -0.15) is 0 Å². The molecule has 3 aliphatic heterocycles. The van der Waals surface area contributed by atoms with E-state index in [-0.39, 0.29) is 49.7 Å². The predicted octanol–water partition coefficient (Wildman–Crippen LogP) is 2.99. The Balaban J connectivity index is 1.44. The molecule has 224 valence electrons. The lowest BCUT2D eigenvalue weighted by molar-refractivity contribution is -0.143. The quantitative estimate of drug-likeness (QED) is 0.433. The first-order chi connectivity index (χ1) is 20.3. The summed E-state index contributed by atoms with van der Waals surface area (Å²) in [6, 6.07) is 8.55. The first-order valence-electron chi connectivity index (χ1n) is 14.8. The van der Waals surface area contributed by atoms with E-state index in [1.165, 1.54) is 9.80 Å². The van der Waals surface area contributed by atoms with Gasteiger partial charge in [-0.1, -0.05) is 25.5 Å². The van der Waals surface area contributed by atoms with Crippen LogP contribution in [0.4, 0.5) is 10.5 Å². The standard InChI is InChI=1S/C31H39N5O6/c1-3-4-13-35(23-6-5-12-32-18-23)28(38)20-34-19-24(21-7-8-26-22(17-21)11-16-42-26)29(30(39)40)25(34)9-15-36-27(37)10-14-33(2)31(36)41/h5-8,12,17-18,24-25,29H,3-4,9-11,13-16,19-20H2,1-2H3,(H,39,40)/t24-,25+,29-/m1/s1. The van der Waals surface area contributed by atoms with Crippen molar-refractivity contribution in [2.75, 3.05) is 51.3 Å². The number of carbonyl (C=O) groups excluding carboxylic acids is 3. The number of anilines is 1. The van der Waals surface area contributed by atoms with Crippen molar-refractivity contribution >= 4 is 29.5 Å². The second-order valence-electron chi connectivity index (χ2n) is 11.3. The van der Waals surface area contributed by atoms with Crippen LogP contribution >= 0.6 is 0 Å². The highest BCUT2D eigenvalue weighted by Crippen LogP contribution is 2.41. The third kappa shape index (κ3) is 6.11. The van der Waals surface area contributed by atoms with Crippen molar-refractivity contribution in [3.05, 3.63) is 53.9 Å². The van der Waals surface area contributed by atoms with Gasteiger partial charge in [-0.15, -0.1) is 0 Å². The molecule has 5 rings (SSSR count). The number of imide groups is 1. The molecule has 1 N–H and O–H groups in total. The Morgan fingerprint density at radius 3 is 2.76 bits per heavy atom. The summed E-state index contributed by atoms with van der Waals surface area (Å²) in [5.41, 5.74) is 2.65. The number of hydrogen-bond acceptors (Lipinski definition) is 7. The van der Waals surface area contributed by atoms with Crippen LogP contribution in [0.1, 0.15) is 49.7 Å². The average Bonchev–Trinajstić information content (AvgIpc) is 3.60. The van der Waals surface area contributed by atoms with Crippen molar-refractivity contribution in [2.45, 2.75) is 51.0 Å². The van der Waals surface area contributed by atoms with Crippen molar-refractivity contribution in [2.24, 2.45) is 5.92 Å². The van der Waals surface area contributed by atoms with Crippen molar-refractivity contribution in [3.8, 4) is 5.75 Å². The van der Waals surface area contributed by atoms with Gasteiger partial charge in [-0.25, -0.2) is 4.79 Å². The lowest BCUT2D eigenvalue weighted by Gasteiger charge is -2.34. The number of likely N-dealkylation sites (tertiary alicyclic amines) is 1. The van der Waals surface area contributed by atoms with Crippen LogP contribution in [0.5, 0.6) is 5.75 Å². The molecule has 4 heterocycles. The van der Waals surface area contributed by atoms with Crippen molar-refractivity contribution in [3.63, 3.8) is 0 Å². The number of pyridine rings is 1. The van der Waals surface area contributed by atoms with E-state index in [0.29, 0.717) is 31.9 Å². The Morgan fingerprint density at radius 1 is 1.19 bits per heavy atom. The number of fused-ring (bicyclic) bond motifs is 1. The van der Waals surface area contributed by atoms with Crippen LogP contribution in [0.15, 0.2) is 42.7 Å². The van der Waals surface area contributed by atoms with Crippen LogP contribution < -0.4 is 9.64 Å². The van der Waals surface area contributed by atoms with Gasteiger partial charge >= 0.3 is 12.0 Å². The van der Waals surface area contributed by atoms with Crippen LogP contribution in [0.2, 0.25) is 0 Å². The largest absolute Gasteiger partial charge is 0.493 e. The summed E-state index contributed by atoms with van der Waals surface area (Å²) < 4.78 is 5.66. The Kier molecular flexibility index (Phi) is 9.06. The highest BCUT2D eigenvalue weighted by atomic mass is 16.5. The zero-order chi connectivity index (χ0) is 29.8. The number of amides is 4. The van der Waals surface area contributed by atoms with Crippen LogP contribution in [-0.4, -0.2) is 101 Å². The third-order valence-electron chi connectivity index (χ3n) is 8.68. The molecular weight excluding hydrogens is 538 g/mol. The Hall–Kier alpha value is -3.99. The molecule has 4 amide bonds. The highest BCUT2D eigenvalue weighted by Gasteiger charge is 2.48. The van der Waals surface area contributed by atoms with Gasteiger partial charge in [-0.3, -0.25) is 29.2 Å². The number of carboxylic acids is 1. The second-order valence-corrected chi connectivity index (χ2v) is 11.3. The second kappa shape index (κ2) is 12.9. The number of carboxylic acid groups (broad SMARTS) is 1. The van der Waals surface area contributed by atoms with E-state index >= 15 is 0 Å². The van der Waals surface area contributed by atoms with Gasteiger partial charge in [0, 0.05) is 64.2 Å². The maximum absolute atomic E-state index is 13.8. The van der Waals surface area contributed by atoms with E-state index in [0.717, 1.165) is 36.1 Å². The first-order valence-corrected chi connectivity index (χ1v) is 14.8. The van der Waals surface area contributed by atoms with E-state index in [2.05, 4.69) is 11.9 Å². The Labute approximate surface area is 246 Å². The molecule has 42 heavy (non-hydrogen) atoms. The number of unbranched alkanes of at least 4 members (excludes halogenated alkanes) is 1. The molecule has 2 saturated heterocycles. The summed E-state index contributed by atoms with van der Waals surface area (Å²) in [6.07, 6.45) is 6.30. The minimum Gasteiger partial charge on any atom is -0.493 e. The molecule has 11 nitrogen and oxygen atoms in total. The van der Waals surface area contributed by atoms with Crippen LogP contribution in [0, 0.1) is 5.92 Å². The highest BCUT2D eigenvalue weighted by molar-refractivity contribution is 5.97. The van der Waals surface area contributed by atoms with E-state index in [4.69, 9.17) is 4.74 Å². The number of hydrogen-bond donors (Lipinski definition) is 1. The summed E-state index contributed by atoms with van der Waals surface area (Å²) in [4.78, 5) is 62.7. The molecule has 0 bridgehead atoms. The van der Waals surface area contributed by atoms with Crippen molar-refractivity contribution in [1.82, 2.24) is 19.7 Å². The van der Waals surface area contributed by atoms with Gasteiger partial charge in [-0.05, 0) is 42.2 Å². The minimum absolute atomic E-state index is 0.0133. The van der Waals surface area contributed by atoms with Gasteiger partial charge < -0.3 is 19.6 Å². The average molecular weight is 578 g/mol. The van der Waals surface area contributed by atoms with Gasteiger partial charge in [0.2, 0.25) is 11.8 Å². The van der Waals surface area contributed by atoms with E-state index < -0.39 is 17.9 Å². The van der Waals surface area contributed by atoms with Crippen LogP contribution in [-0.2, 0) is 20.8 Å². The topological polar surface area (TPSA) is 124 Å². The van der Waals surface area contributed by atoms with Crippen molar-refractivity contribution < 1.29 is 29.0 Å². The molecule has 2 aromatic rings. The first kappa shape index (κ1) is 29.5. The summed E-state index contributed by atoms with van der Waals surface area (Å²) in [5.74, 6) is -1.74. The normalized spacial score (nSPS) is 22.3. The number of benzene rings is 1. The van der Waals surface area contributed by atoms with E-state index in [9.17, 15) is 24.3 Å². The molecule has 0 saturated carbocycles. The van der Waals surface area contributed by atoms with Crippen LogP contribution in [0.3, 0.4) is 0 Å². The third-order valence-corrected chi connectivity index (χ3v) is 8.68. The molecule has 11 heteroatoms. The molecule has 1 aromatic carbocycles. The van der Waals surface area contributed by atoms with Crippen LogP contribution in [0.25, 0.3) is 0 Å². The summed E-state index contributed by atoms with van der Waals surface area (Å²) in [7, 11) is 1.65. The van der Waals surface area contributed by atoms with E-state index in [1.54, 1.807) is 30.4 Å². The number of aliphatic carboxylic acids is 1. The number of nitrogens with zero attached hydrogens (tertiary/aromatic N) is 5. The number of urea groups is 1. The summed E-state index contributed by atoms with van der Waals surface area (Å²) in [5, 5.41) is 10.5. The van der Waals surface area contributed by atoms with E-state index in [1.807, 2.05) is 29.2 Å². The fourth-order valence-corrected chi connectivity index (χ4v) is 6.40. The molecular formula is C31H39N5O6. The fraction of sp³-hybridized carbons (Fsp3) is 0.516. The van der Waals surface area contributed by atoms with Gasteiger partial charge in [0.05, 0.1) is 31.0 Å². The number of carbonyl (C=O) groups is 4. The van der Waals surface area contributed by atoms with Gasteiger partial charge in [0.15, 0.2) is 0 Å². The summed E-state index contributed by atoms with van der Waals surface area (Å²) in [6.45, 7) is 4.02. The maximum atomic E-state index is 13.8. The Bertz CT molecular complexity index is 1320. The molecule has 2 fully saturated rings. The van der Waals surface area contributed by atoms with Gasteiger partial charge in [0.1, 0.15) is 5.75 Å². The Morgan fingerprint density at radius 2 is 2.02 bits per heavy atom. The molecule has 3 atom stereocenters.